The number of nitrogens with zero attached hydrogens (tertiary/aromatic N) is 2. The first-order chi connectivity index (χ1) is 18.6. The van der Waals surface area contributed by atoms with Crippen molar-refractivity contribution < 1.29 is 18.4 Å². The van der Waals surface area contributed by atoms with E-state index in [2.05, 4.69) is 65.3 Å². The Labute approximate surface area is 228 Å². The van der Waals surface area contributed by atoms with Gasteiger partial charge in [-0.3, -0.25) is 5.32 Å². The van der Waals surface area contributed by atoms with Gasteiger partial charge in [-0.25, -0.2) is 8.78 Å². The van der Waals surface area contributed by atoms with Crippen LogP contribution in [0.25, 0.3) is 10.9 Å². The second-order valence-electron chi connectivity index (χ2n) is 11.3. The summed E-state index contributed by atoms with van der Waals surface area (Å²) in [5.74, 6) is -1.45. The van der Waals surface area contributed by atoms with Crippen molar-refractivity contribution >= 4 is 17.1 Å². The minimum Gasteiger partial charge on any atom is -0.390 e. The molecule has 3 aromatic carbocycles. The largest absolute Gasteiger partial charge is 0.390 e. The molecule has 1 aromatic heterocycles. The summed E-state index contributed by atoms with van der Waals surface area (Å²) in [5.41, 5.74) is 5.95. The van der Waals surface area contributed by atoms with Crippen LogP contribution in [0.15, 0.2) is 71.9 Å². The second-order valence-corrected chi connectivity index (χ2v) is 11.3. The van der Waals surface area contributed by atoms with Gasteiger partial charge in [-0.05, 0) is 61.6 Å². The van der Waals surface area contributed by atoms with Crippen LogP contribution in [-0.4, -0.2) is 22.6 Å². The molecule has 1 fully saturated rings. The summed E-state index contributed by atoms with van der Waals surface area (Å²) in [6.07, 6.45) is 1.39. The molecule has 5 nitrogen and oxygen atoms in total. The number of hydrogen-bond donors (Lipinski definition) is 1. The lowest BCUT2D eigenvalue weighted by Gasteiger charge is -2.15. The van der Waals surface area contributed by atoms with E-state index in [0.717, 1.165) is 34.6 Å². The van der Waals surface area contributed by atoms with Crippen LogP contribution in [0.2, 0.25) is 0 Å². The van der Waals surface area contributed by atoms with Crippen molar-refractivity contribution in [3.63, 3.8) is 0 Å². The topological polar surface area (TPSA) is 51.1 Å². The van der Waals surface area contributed by atoms with Gasteiger partial charge in [-0.1, -0.05) is 67.5 Å². The van der Waals surface area contributed by atoms with Crippen LogP contribution in [0, 0.1) is 11.6 Å². The quantitative estimate of drug-likeness (QED) is 0.139. The highest BCUT2D eigenvalue weighted by atomic mass is 19.2. The minimum atomic E-state index is -0.846. The Balaban J connectivity index is 1.49. The van der Waals surface area contributed by atoms with Crippen LogP contribution in [0.3, 0.4) is 0 Å². The molecule has 0 spiro atoms. The molecule has 1 aliphatic rings. The molecule has 1 saturated heterocycles. The molecule has 2 atom stereocenters. The normalized spacial score (nSPS) is 17.4. The van der Waals surface area contributed by atoms with Crippen LogP contribution < -0.4 is 5.32 Å². The fraction of sp³-hybridized carbons (Fsp3) is 0.344. The van der Waals surface area contributed by atoms with Gasteiger partial charge in [0.1, 0.15) is 17.9 Å². The lowest BCUT2D eigenvalue weighted by atomic mass is 10.00. The van der Waals surface area contributed by atoms with E-state index in [0.29, 0.717) is 12.1 Å². The minimum absolute atomic E-state index is 0.143. The maximum Gasteiger partial charge on any atom is 0.159 e. The average Bonchev–Trinajstić information content (AvgIpc) is 3.59. The Hall–Kier alpha value is -3.55. The van der Waals surface area contributed by atoms with Gasteiger partial charge in [-0.15, -0.1) is 0 Å². The molecule has 2 unspecified atom stereocenters. The van der Waals surface area contributed by atoms with Crippen LogP contribution in [-0.2, 0) is 22.7 Å². The first-order valence-electron chi connectivity index (χ1n) is 13.3. The number of oxime groups is 1. The summed E-state index contributed by atoms with van der Waals surface area (Å²) in [7, 11) is 0. The Bertz CT molecular complexity index is 1490. The summed E-state index contributed by atoms with van der Waals surface area (Å²) in [4.78, 5) is 5.57. The zero-order chi connectivity index (χ0) is 27.7. The van der Waals surface area contributed by atoms with Crippen molar-refractivity contribution in [1.29, 1.82) is 0 Å². The van der Waals surface area contributed by atoms with E-state index >= 15 is 0 Å². The predicted molar refractivity (Wildman–Crippen MR) is 151 cm³/mol. The van der Waals surface area contributed by atoms with E-state index < -0.39 is 11.6 Å². The van der Waals surface area contributed by atoms with Crippen LogP contribution >= 0.6 is 0 Å². The number of halogens is 2. The fourth-order valence-corrected chi connectivity index (χ4v) is 4.95. The number of fused-ring (bicyclic) bond motifs is 1. The predicted octanol–water partition coefficient (Wildman–Crippen LogP) is 7.43. The third-order valence-corrected chi connectivity index (χ3v) is 6.70. The van der Waals surface area contributed by atoms with E-state index in [1.54, 1.807) is 12.3 Å². The molecule has 0 aliphatic carbocycles. The van der Waals surface area contributed by atoms with Gasteiger partial charge in [-0.2, -0.15) is 0 Å². The summed E-state index contributed by atoms with van der Waals surface area (Å²) in [5, 5.41) is 8.69. The van der Waals surface area contributed by atoms with Crippen molar-refractivity contribution in [3.05, 3.63) is 106 Å². The van der Waals surface area contributed by atoms with Crippen molar-refractivity contribution in [2.75, 3.05) is 0 Å². The smallest absolute Gasteiger partial charge is 0.159 e. The molecule has 1 aliphatic heterocycles. The van der Waals surface area contributed by atoms with Gasteiger partial charge in [0.15, 0.2) is 11.6 Å². The van der Waals surface area contributed by atoms with E-state index in [1.165, 1.54) is 17.3 Å². The van der Waals surface area contributed by atoms with Gasteiger partial charge < -0.3 is 14.1 Å². The van der Waals surface area contributed by atoms with Crippen molar-refractivity contribution in [1.82, 2.24) is 9.88 Å². The highest BCUT2D eigenvalue weighted by molar-refractivity contribution is 5.92. The van der Waals surface area contributed by atoms with Gasteiger partial charge in [0.2, 0.25) is 0 Å². The Morgan fingerprint density at radius 3 is 2.46 bits per heavy atom. The van der Waals surface area contributed by atoms with Crippen LogP contribution in [0.1, 0.15) is 74.6 Å². The molecular weight excluding hydrogens is 496 g/mol. The van der Waals surface area contributed by atoms with E-state index in [9.17, 15) is 8.78 Å². The molecule has 0 radical (unpaired) electrons. The number of rotatable bonds is 9. The fourth-order valence-electron chi connectivity index (χ4n) is 4.95. The summed E-state index contributed by atoms with van der Waals surface area (Å²) in [6, 6.07) is 20.7. The summed E-state index contributed by atoms with van der Waals surface area (Å²) >= 11 is 0. The van der Waals surface area contributed by atoms with E-state index in [-0.39, 0.29) is 23.9 Å². The third-order valence-electron chi connectivity index (χ3n) is 6.70. The lowest BCUT2D eigenvalue weighted by molar-refractivity contribution is 0.00199. The van der Waals surface area contributed by atoms with Gasteiger partial charge in [0.25, 0.3) is 0 Å². The summed E-state index contributed by atoms with van der Waals surface area (Å²) < 4.78 is 35.5. The van der Waals surface area contributed by atoms with Crippen molar-refractivity contribution in [2.45, 2.75) is 71.6 Å². The highest BCUT2D eigenvalue weighted by Gasteiger charge is 2.44. The first kappa shape index (κ1) is 27.0. The monoisotopic (exact) mass is 531 g/mol. The molecule has 5 rings (SSSR count). The molecule has 2 heterocycles. The zero-order valence-electron chi connectivity index (χ0n) is 23.0. The molecule has 0 bridgehead atoms. The standard InChI is InChI=1S/C32H35F2N3O2/c1-20(2)29-28(30-31(38-30)35-17-22-12-14-25(33)26(34)15-22)24-13-11-23(18-36-39-32(3,4)5)16-27(24)37(29)19-21-9-7-6-8-10-21/h6-16,18,20,30-31,35H,17,19H2,1-5H3/b36-18+. The van der Waals surface area contributed by atoms with Crippen molar-refractivity contribution in [2.24, 2.45) is 5.16 Å². The number of nitrogens with one attached hydrogen (secondary N) is 1. The number of epoxide rings is 1. The zero-order valence-corrected chi connectivity index (χ0v) is 23.0. The molecule has 0 saturated carbocycles. The Kier molecular flexibility index (Phi) is 7.56. The number of hydrogen-bond acceptors (Lipinski definition) is 4. The van der Waals surface area contributed by atoms with E-state index in [4.69, 9.17) is 9.57 Å². The van der Waals surface area contributed by atoms with Crippen LogP contribution in [0.4, 0.5) is 8.78 Å². The molecular formula is C32H35F2N3O2. The molecule has 0 amide bonds. The average molecular weight is 532 g/mol. The second kappa shape index (κ2) is 10.9. The number of aromatic nitrogens is 1. The molecule has 4 aromatic rings. The van der Waals surface area contributed by atoms with Gasteiger partial charge in [0, 0.05) is 35.2 Å². The van der Waals surface area contributed by atoms with E-state index in [1.807, 2.05) is 32.9 Å². The number of ether oxygens (including phenoxy) is 1. The molecule has 7 heteroatoms. The molecule has 204 valence electrons. The molecule has 39 heavy (non-hydrogen) atoms. The maximum atomic E-state index is 13.7. The maximum absolute atomic E-state index is 13.7. The Morgan fingerprint density at radius 1 is 1.00 bits per heavy atom. The highest BCUT2D eigenvalue weighted by Crippen LogP contribution is 2.46. The third kappa shape index (κ3) is 6.21. The SMILES string of the molecule is CC(C)c1c(C2OC2NCc2ccc(F)c(F)c2)c2ccc(/C=N/OC(C)(C)C)cc2n1Cc1ccccc1. The number of benzene rings is 3. The van der Waals surface area contributed by atoms with Gasteiger partial charge >= 0.3 is 0 Å². The van der Waals surface area contributed by atoms with Crippen LogP contribution in [0.5, 0.6) is 0 Å². The molecule has 1 N–H and O–H groups in total. The van der Waals surface area contributed by atoms with Gasteiger partial charge in [0.05, 0.1) is 6.21 Å². The lowest BCUT2D eigenvalue weighted by Crippen LogP contribution is -2.18. The Morgan fingerprint density at radius 2 is 1.77 bits per heavy atom. The summed E-state index contributed by atoms with van der Waals surface area (Å²) in [6.45, 7) is 11.4. The first-order valence-corrected chi connectivity index (χ1v) is 13.3. The van der Waals surface area contributed by atoms with Crippen molar-refractivity contribution in [3.8, 4) is 0 Å².